The molecule has 6 nitrogen and oxygen atoms in total. The Bertz CT molecular complexity index is 688. The maximum absolute atomic E-state index is 12.5. The molecule has 1 amide bonds. The van der Waals surface area contributed by atoms with Crippen molar-refractivity contribution in [1.29, 1.82) is 0 Å². The van der Waals surface area contributed by atoms with Crippen molar-refractivity contribution in [1.82, 2.24) is 19.1 Å². The number of hydrogen-bond donors (Lipinski definition) is 1. The number of carbonyl (C=O) groups is 1. The van der Waals surface area contributed by atoms with Gasteiger partial charge in [-0.3, -0.25) is 14.8 Å². The number of carbonyl (C=O) groups excluding carboxylic acids is 1. The Balaban J connectivity index is 2.25. The summed E-state index contributed by atoms with van der Waals surface area (Å²) in [5, 5.41) is 7.75. The van der Waals surface area contributed by atoms with E-state index in [-0.39, 0.29) is 16.7 Å². The lowest BCUT2D eigenvalue weighted by molar-refractivity contribution is 0.102. The minimum Gasteiger partial charge on any atom is -0.296 e. The van der Waals surface area contributed by atoms with Crippen molar-refractivity contribution in [3.63, 3.8) is 0 Å². The molecule has 0 saturated carbocycles. The van der Waals surface area contributed by atoms with Crippen molar-refractivity contribution in [3.05, 3.63) is 23.3 Å². The van der Waals surface area contributed by atoms with E-state index < -0.39 is 0 Å². The summed E-state index contributed by atoms with van der Waals surface area (Å²) in [5.74, 6) is 0.532. The van der Waals surface area contributed by atoms with Crippen LogP contribution in [0.15, 0.2) is 6.20 Å². The van der Waals surface area contributed by atoms with Gasteiger partial charge in [-0.1, -0.05) is 41.5 Å². The van der Waals surface area contributed by atoms with Gasteiger partial charge in [0, 0.05) is 35.6 Å². The lowest BCUT2D eigenvalue weighted by Crippen LogP contribution is -2.20. The van der Waals surface area contributed by atoms with Crippen molar-refractivity contribution >= 4 is 22.6 Å². The molecule has 2 rings (SSSR count). The van der Waals surface area contributed by atoms with Gasteiger partial charge >= 0.3 is 0 Å². The minimum atomic E-state index is -0.203. The summed E-state index contributed by atoms with van der Waals surface area (Å²) in [4.78, 5) is 16.9. The first-order valence-electron chi connectivity index (χ1n) is 7.18. The molecule has 0 aliphatic carbocycles. The Morgan fingerprint density at radius 1 is 1.18 bits per heavy atom. The van der Waals surface area contributed by atoms with E-state index in [1.165, 1.54) is 11.5 Å². The molecule has 22 heavy (non-hydrogen) atoms. The van der Waals surface area contributed by atoms with Gasteiger partial charge < -0.3 is 0 Å². The molecule has 0 unspecified atom stereocenters. The molecule has 2 heterocycles. The monoisotopic (exact) mass is 321 g/mol. The van der Waals surface area contributed by atoms with Crippen molar-refractivity contribution in [2.75, 3.05) is 5.32 Å². The zero-order valence-corrected chi connectivity index (χ0v) is 15.0. The lowest BCUT2D eigenvalue weighted by atomic mass is 9.89. The maximum Gasteiger partial charge on any atom is 0.260 e. The van der Waals surface area contributed by atoms with E-state index in [0.717, 1.165) is 11.5 Å². The first kappa shape index (κ1) is 16.6. The third-order valence-corrected chi connectivity index (χ3v) is 3.73. The number of aromatic nitrogens is 4. The average molecular weight is 321 g/mol. The standard InChI is InChI=1S/C15H23N5OS/c1-14(2,3)10-9(8-20(7)18-10)11(21)16-13-17-12(19-22-13)15(4,5)6/h8H,1-7H3,(H,16,17,19,21). The van der Waals surface area contributed by atoms with Gasteiger partial charge in [-0.25, -0.2) is 4.98 Å². The fourth-order valence-corrected chi connectivity index (χ4v) is 2.71. The zero-order valence-electron chi connectivity index (χ0n) is 14.2. The predicted molar refractivity (Wildman–Crippen MR) is 88.5 cm³/mol. The molecule has 0 bridgehead atoms. The second-order valence-electron chi connectivity index (χ2n) is 7.44. The van der Waals surface area contributed by atoms with E-state index in [1.54, 1.807) is 10.9 Å². The van der Waals surface area contributed by atoms with E-state index >= 15 is 0 Å². The lowest BCUT2D eigenvalue weighted by Gasteiger charge is -2.16. The highest BCUT2D eigenvalue weighted by atomic mass is 32.1. The number of hydrogen-bond acceptors (Lipinski definition) is 5. The highest BCUT2D eigenvalue weighted by Crippen LogP contribution is 2.26. The summed E-state index contributed by atoms with van der Waals surface area (Å²) in [6, 6.07) is 0. The van der Waals surface area contributed by atoms with Crippen LogP contribution in [-0.4, -0.2) is 25.0 Å². The number of rotatable bonds is 2. The molecule has 0 aliphatic heterocycles. The van der Waals surface area contributed by atoms with Gasteiger partial charge in [0.15, 0.2) is 0 Å². The molecule has 0 atom stereocenters. The van der Waals surface area contributed by atoms with Crippen LogP contribution in [0.4, 0.5) is 5.13 Å². The smallest absolute Gasteiger partial charge is 0.260 e. The van der Waals surface area contributed by atoms with Crippen molar-refractivity contribution in [2.45, 2.75) is 52.4 Å². The first-order valence-corrected chi connectivity index (χ1v) is 7.95. The SMILES string of the molecule is Cn1cc(C(=O)Nc2nc(C(C)(C)C)ns2)c(C(C)(C)C)n1. The van der Waals surface area contributed by atoms with Crippen LogP contribution in [0.2, 0.25) is 0 Å². The van der Waals surface area contributed by atoms with E-state index in [2.05, 4.69) is 19.8 Å². The minimum absolute atomic E-state index is 0.135. The highest BCUT2D eigenvalue weighted by molar-refractivity contribution is 7.09. The van der Waals surface area contributed by atoms with Gasteiger partial charge in [-0.2, -0.15) is 9.47 Å². The summed E-state index contributed by atoms with van der Waals surface area (Å²) >= 11 is 1.20. The predicted octanol–water partition coefficient (Wildman–Crippen LogP) is 3.12. The Morgan fingerprint density at radius 2 is 1.82 bits per heavy atom. The van der Waals surface area contributed by atoms with Gasteiger partial charge in [0.05, 0.1) is 11.3 Å². The Hall–Kier alpha value is -1.76. The third kappa shape index (κ3) is 3.52. The molecule has 1 N–H and O–H groups in total. The molecule has 0 saturated heterocycles. The molecular weight excluding hydrogens is 298 g/mol. The molecule has 0 fully saturated rings. The van der Waals surface area contributed by atoms with Crippen LogP contribution in [0.1, 0.15) is 63.4 Å². The van der Waals surface area contributed by atoms with Gasteiger partial charge in [-0.15, -0.1) is 0 Å². The molecule has 7 heteroatoms. The van der Waals surface area contributed by atoms with Crippen molar-refractivity contribution in [3.8, 4) is 0 Å². The second-order valence-corrected chi connectivity index (χ2v) is 8.19. The number of nitrogens with one attached hydrogen (secondary N) is 1. The van der Waals surface area contributed by atoms with Crippen LogP contribution in [0, 0.1) is 0 Å². The molecule has 0 radical (unpaired) electrons. The third-order valence-electron chi connectivity index (χ3n) is 3.10. The van der Waals surface area contributed by atoms with Crippen LogP contribution in [-0.2, 0) is 17.9 Å². The van der Waals surface area contributed by atoms with Crippen LogP contribution >= 0.6 is 11.5 Å². The Labute approximate surface area is 135 Å². The average Bonchev–Trinajstić information content (AvgIpc) is 2.93. The molecule has 2 aromatic rings. The molecular formula is C15H23N5OS. The largest absolute Gasteiger partial charge is 0.296 e. The maximum atomic E-state index is 12.5. The topological polar surface area (TPSA) is 72.7 Å². The van der Waals surface area contributed by atoms with Crippen molar-refractivity contribution in [2.24, 2.45) is 7.05 Å². The zero-order chi connectivity index (χ0) is 16.7. The Kier molecular flexibility index (Phi) is 4.12. The summed E-state index contributed by atoms with van der Waals surface area (Å²) in [6.07, 6.45) is 1.74. The normalized spacial score (nSPS) is 12.5. The number of amides is 1. The molecule has 2 aromatic heterocycles. The van der Waals surface area contributed by atoms with Crippen LogP contribution in [0.25, 0.3) is 0 Å². The number of anilines is 1. The highest BCUT2D eigenvalue weighted by Gasteiger charge is 2.27. The Morgan fingerprint density at radius 3 is 2.32 bits per heavy atom. The molecule has 0 spiro atoms. The summed E-state index contributed by atoms with van der Waals surface area (Å²) in [7, 11) is 1.81. The van der Waals surface area contributed by atoms with Gasteiger partial charge in [0.25, 0.3) is 5.91 Å². The van der Waals surface area contributed by atoms with Crippen LogP contribution in [0.5, 0.6) is 0 Å². The summed E-state index contributed by atoms with van der Waals surface area (Å²) < 4.78 is 5.97. The van der Waals surface area contributed by atoms with E-state index in [9.17, 15) is 4.79 Å². The van der Waals surface area contributed by atoms with Gasteiger partial charge in [-0.05, 0) is 0 Å². The van der Waals surface area contributed by atoms with Crippen LogP contribution < -0.4 is 5.32 Å². The van der Waals surface area contributed by atoms with Crippen LogP contribution in [0.3, 0.4) is 0 Å². The fourth-order valence-electron chi connectivity index (χ4n) is 1.95. The van der Waals surface area contributed by atoms with Gasteiger partial charge in [0.2, 0.25) is 5.13 Å². The summed E-state index contributed by atoms with van der Waals surface area (Å²) in [5.41, 5.74) is 1.01. The molecule has 120 valence electrons. The van der Waals surface area contributed by atoms with E-state index in [0.29, 0.717) is 10.7 Å². The fraction of sp³-hybridized carbons (Fsp3) is 0.600. The van der Waals surface area contributed by atoms with E-state index in [1.807, 2.05) is 48.6 Å². The molecule has 0 aliphatic rings. The summed E-state index contributed by atoms with van der Waals surface area (Å²) in [6.45, 7) is 12.2. The quantitative estimate of drug-likeness (QED) is 0.922. The number of nitrogens with zero attached hydrogens (tertiary/aromatic N) is 4. The molecule has 0 aromatic carbocycles. The van der Waals surface area contributed by atoms with E-state index in [4.69, 9.17) is 0 Å². The second kappa shape index (κ2) is 5.46. The van der Waals surface area contributed by atoms with Crippen molar-refractivity contribution < 1.29 is 4.79 Å². The number of aryl methyl sites for hydroxylation is 1. The first-order chi connectivity index (χ1) is 9.98. The van der Waals surface area contributed by atoms with Gasteiger partial charge in [0.1, 0.15) is 5.82 Å².